The first-order valence-electron chi connectivity index (χ1n) is 11.9. The Kier molecular flexibility index (Phi) is 8.07. The standard InChI is InChI=1S/C26H25ClN4O7S/c1-4-5-14-37-26(34)19-8-6-7-9-20(19)31-24(32)21(27)22(25(31)33)28-17-10-12-18(13-11-17)39(35,36)30-23-15(2)16(3)29-38-23/h6-13,28,30H,4-5,14H2,1-3H3. The van der Waals surface area contributed by atoms with Gasteiger partial charge >= 0.3 is 5.97 Å². The number of nitrogens with one attached hydrogen (secondary N) is 2. The SMILES string of the molecule is CCCCOC(=O)c1ccccc1N1C(=O)C(Cl)=C(Nc2ccc(S(=O)(=O)Nc3onc(C)c3C)cc2)C1=O. The van der Waals surface area contributed by atoms with E-state index >= 15 is 0 Å². The Bertz CT molecular complexity index is 1580. The molecule has 2 N–H and O–H groups in total. The number of nitrogens with zero attached hydrogens (tertiary/aromatic N) is 2. The van der Waals surface area contributed by atoms with Crippen LogP contribution < -0.4 is 14.9 Å². The minimum Gasteiger partial charge on any atom is -0.462 e. The molecule has 1 aliphatic heterocycles. The van der Waals surface area contributed by atoms with Gasteiger partial charge < -0.3 is 14.6 Å². The number of esters is 1. The number of carbonyl (C=O) groups excluding carboxylic acids is 3. The Balaban J connectivity index is 1.52. The van der Waals surface area contributed by atoms with Crippen molar-refractivity contribution in [1.29, 1.82) is 0 Å². The third kappa shape index (κ3) is 5.66. The van der Waals surface area contributed by atoms with E-state index in [1.165, 1.54) is 36.4 Å². The normalized spacial score (nSPS) is 13.7. The molecular weight excluding hydrogens is 548 g/mol. The van der Waals surface area contributed by atoms with Crippen LogP contribution in [0.3, 0.4) is 0 Å². The molecule has 1 aliphatic rings. The predicted octanol–water partition coefficient (Wildman–Crippen LogP) is 4.48. The fourth-order valence-electron chi connectivity index (χ4n) is 3.61. The summed E-state index contributed by atoms with van der Waals surface area (Å²) in [6, 6.07) is 11.5. The van der Waals surface area contributed by atoms with E-state index < -0.39 is 27.8 Å². The van der Waals surface area contributed by atoms with E-state index in [4.69, 9.17) is 20.9 Å². The molecule has 2 heterocycles. The molecule has 13 heteroatoms. The van der Waals surface area contributed by atoms with Gasteiger partial charge in [0, 0.05) is 11.3 Å². The van der Waals surface area contributed by atoms with Crippen molar-refractivity contribution in [1.82, 2.24) is 5.16 Å². The van der Waals surface area contributed by atoms with Crippen molar-refractivity contribution in [3.05, 3.63) is 76.1 Å². The van der Waals surface area contributed by atoms with Gasteiger partial charge in [-0.3, -0.25) is 9.59 Å². The fourth-order valence-corrected chi connectivity index (χ4v) is 4.87. The van der Waals surface area contributed by atoms with Crippen molar-refractivity contribution < 1.29 is 32.1 Å². The first-order chi connectivity index (χ1) is 18.5. The van der Waals surface area contributed by atoms with E-state index in [0.29, 0.717) is 23.4 Å². The van der Waals surface area contributed by atoms with Gasteiger partial charge in [-0.05, 0) is 56.7 Å². The Morgan fingerprint density at radius 1 is 1.08 bits per heavy atom. The molecule has 0 bridgehead atoms. The molecule has 204 valence electrons. The van der Waals surface area contributed by atoms with Gasteiger partial charge in [-0.25, -0.2) is 22.8 Å². The molecule has 0 radical (unpaired) electrons. The fraction of sp³-hybridized carbons (Fsp3) is 0.231. The summed E-state index contributed by atoms with van der Waals surface area (Å²) >= 11 is 6.23. The Morgan fingerprint density at radius 2 is 1.77 bits per heavy atom. The first kappa shape index (κ1) is 27.9. The lowest BCUT2D eigenvalue weighted by molar-refractivity contribution is -0.120. The summed E-state index contributed by atoms with van der Waals surface area (Å²) < 4.78 is 38.1. The first-order valence-corrected chi connectivity index (χ1v) is 13.8. The molecule has 0 fully saturated rings. The van der Waals surface area contributed by atoms with Gasteiger partial charge in [0.25, 0.3) is 21.8 Å². The molecule has 1 aromatic heterocycles. The lowest BCUT2D eigenvalue weighted by atomic mass is 10.1. The number of rotatable bonds is 10. The van der Waals surface area contributed by atoms with Crippen molar-refractivity contribution in [3.8, 4) is 0 Å². The second-order valence-electron chi connectivity index (χ2n) is 8.62. The third-order valence-electron chi connectivity index (χ3n) is 5.94. The molecule has 39 heavy (non-hydrogen) atoms. The van der Waals surface area contributed by atoms with Crippen LogP contribution in [0.15, 0.2) is 68.7 Å². The Hall–Kier alpha value is -4.16. The number of aryl methyl sites for hydroxylation is 1. The zero-order valence-electron chi connectivity index (χ0n) is 21.3. The number of unbranched alkanes of at least 4 members (excludes halogenated alkanes) is 1. The molecule has 0 spiro atoms. The van der Waals surface area contributed by atoms with E-state index in [0.717, 1.165) is 11.3 Å². The van der Waals surface area contributed by atoms with Crippen molar-refractivity contribution >= 4 is 56.7 Å². The second-order valence-corrected chi connectivity index (χ2v) is 10.7. The minimum absolute atomic E-state index is 0.0105. The van der Waals surface area contributed by atoms with E-state index in [1.807, 2.05) is 6.92 Å². The van der Waals surface area contributed by atoms with Crippen molar-refractivity contribution in [2.24, 2.45) is 0 Å². The van der Waals surface area contributed by atoms with E-state index in [2.05, 4.69) is 15.2 Å². The summed E-state index contributed by atoms with van der Waals surface area (Å²) in [7, 11) is -3.99. The van der Waals surface area contributed by atoms with Crippen LogP contribution in [0.5, 0.6) is 0 Å². The van der Waals surface area contributed by atoms with Gasteiger partial charge in [0.15, 0.2) is 0 Å². The minimum atomic E-state index is -3.99. The average molecular weight is 573 g/mol. The van der Waals surface area contributed by atoms with Crippen molar-refractivity contribution in [3.63, 3.8) is 0 Å². The van der Waals surface area contributed by atoms with E-state index in [-0.39, 0.29) is 39.4 Å². The third-order valence-corrected chi connectivity index (χ3v) is 7.64. The summed E-state index contributed by atoms with van der Waals surface area (Å²) in [5.41, 5.74) is 1.26. The topological polar surface area (TPSA) is 148 Å². The number of imide groups is 1. The molecule has 0 atom stereocenters. The molecule has 0 saturated heterocycles. The number of carbonyl (C=O) groups is 3. The van der Waals surface area contributed by atoms with E-state index in [9.17, 15) is 22.8 Å². The van der Waals surface area contributed by atoms with Crippen LogP contribution in [0.25, 0.3) is 0 Å². The summed E-state index contributed by atoms with van der Waals surface area (Å²) in [6.07, 6.45) is 1.50. The lowest BCUT2D eigenvalue weighted by Crippen LogP contribution is -2.33. The molecule has 0 saturated carbocycles. The molecule has 2 amide bonds. The van der Waals surface area contributed by atoms with Gasteiger partial charge in [0.05, 0.1) is 28.4 Å². The van der Waals surface area contributed by atoms with E-state index in [1.54, 1.807) is 26.0 Å². The highest BCUT2D eigenvalue weighted by Crippen LogP contribution is 2.33. The van der Waals surface area contributed by atoms with Gasteiger partial charge in [-0.2, -0.15) is 0 Å². The van der Waals surface area contributed by atoms with Crippen LogP contribution in [0, 0.1) is 13.8 Å². The number of ether oxygens (including phenoxy) is 1. The molecule has 3 aromatic rings. The van der Waals surface area contributed by atoms with Gasteiger partial charge in [0.1, 0.15) is 10.7 Å². The quantitative estimate of drug-likeness (QED) is 0.204. The van der Waals surface area contributed by atoms with Crippen LogP contribution in [0.2, 0.25) is 0 Å². The number of halogens is 1. The maximum Gasteiger partial charge on any atom is 0.340 e. The molecule has 0 aliphatic carbocycles. The number of anilines is 3. The summed E-state index contributed by atoms with van der Waals surface area (Å²) in [5.74, 6) is -2.26. The van der Waals surface area contributed by atoms with Crippen LogP contribution in [-0.4, -0.2) is 38.0 Å². The molecular formula is C26H25ClN4O7S. The highest BCUT2D eigenvalue weighted by molar-refractivity contribution is 7.92. The number of benzene rings is 2. The van der Waals surface area contributed by atoms with Crippen molar-refractivity contribution in [2.45, 2.75) is 38.5 Å². The number of amides is 2. The summed E-state index contributed by atoms with van der Waals surface area (Å²) in [6.45, 7) is 5.52. The number of para-hydroxylation sites is 1. The Labute approximate surface area is 229 Å². The number of hydrogen-bond acceptors (Lipinski definition) is 9. The van der Waals surface area contributed by atoms with Crippen LogP contribution in [-0.2, 0) is 24.3 Å². The molecule has 4 rings (SSSR count). The highest BCUT2D eigenvalue weighted by atomic mass is 35.5. The predicted molar refractivity (Wildman–Crippen MR) is 144 cm³/mol. The van der Waals surface area contributed by atoms with Crippen LogP contribution >= 0.6 is 11.6 Å². The molecule has 2 aromatic carbocycles. The average Bonchev–Trinajstić information content (AvgIpc) is 3.33. The summed E-state index contributed by atoms with van der Waals surface area (Å²) in [4.78, 5) is 39.6. The summed E-state index contributed by atoms with van der Waals surface area (Å²) in [5, 5.41) is 6.12. The van der Waals surface area contributed by atoms with Crippen molar-refractivity contribution in [2.75, 3.05) is 21.5 Å². The number of sulfonamides is 1. The van der Waals surface area contributed by atoms with Gasteiger partial charge in [0.2, 0.25) is 5.88 Å². The van der Waals surface area contributed by atoms with Gasteiger partial charge in [-0.1, -0.05) is 42.2 Å². The highest BCUT2D eigenvalue weighted by Gasteiger charge is 2.40. The maximum atomic E-state index is 13.3. The molecule has 11 nitrogen and oxygen atoms in total. The second kappa shape index (κ2) is 11.3. The maximum absolute atomic E-state index is 13.3. The largest absolute Gasteiger partial charge is 0.462 e. The number of hydrogen-bond donors (Lipinski definition) is 2. The lowest BCUT2D eigenvalue weighted by Gasteiger charge is -2.18. The monoisotopic (exact) mass is 572 g/mol. The smallest absolute Gasteiger partial charge is 0.340 e. The zero-order valence-corrected chi connectivity index (χ0v) is 22.9. The number of aromatic nitrogens is 1. The Morgan fingerprint density at radius 3 is 2.41 bits per heavy atom. The van der Waals surface area contributed by atoms with Crippen LogP contribution in [0.4, 0.5) is 17.3 Å². The van der Waals surface area contributed by atoms with Crippen LogP contribution in [0.1, 0.15) is 41.4 Å². The molecule has 0 unspecified atom stereocenters. The zero-order chi connectivity index (χ0) is 28.3. The van der Waals surface area contributed by atoms with Gasteiger partial charge in [-0.15, -0.1) is 0 Å².